The first-order chi connectivity index (χ1) is 18.8. The first kappa shape index (κ1) is 33.9. The first-order valence-electron chi connectivity index (χ1n) is 16.0. The minimum Gasteiger partial charge on any atom is -0.481 e. The number of rotatable bonds is 23. The SMILES string of the molecule is CCCCCCCC(O)CCCCCCC(C(=O)O)C(O)CCC1(O)CC(CNCC)C(CC2=CCN=C2)C1. The second kappa shape index (κ2) is 19.0. The normalized spacial score (nSPS) is 25.1. The van der Waals surface area contributed by atoms with Gasteiger partial charge >= 0.3 is 5.97 Å². The summed E-state index contributed by atoms with van der Waals surface area (Å²) in [5.74, 6) is -1.03. The molecule has 0 aromatic carbocycles. The van der Waals surface area contributed by atoms with E-state index in [9.17, 15) is 25.2 Å². The molecule has 0 bridgehead atoms. The van der Waals surface area contributed by atoms with Crippen LogP contribution in [-0.4, -0.2) is 70.1 Å². The van der Waals surface area contributed by atoms with E-state index in [-0.39, 0.29) is 6.10 Å². The van der Waals surface area contributed by atoms with Crippen LogP contribution in [0.2, 0.25) is 0 Å². The van der Waals surface area contributed by atoms with Crippen molar-refractivity contribution in [3.63, 3.8) is 0 Å². The van der Waals surface area contributed by atoms with E-state index in [2.05, 4.69) is 30.2 Å². The number of aliphatic carboxylic acids is 1. The van der Waals surface area contributed by atoms with Gasteiger partial charge in [-0.1, -0.05) is 77.7 Å². The fraction of sp³-hybridized carbons (Fsp3) is 0.875. The Morgan fingerprint density at radius 3 is 2.21 bits per heavy atom. The van der Waals surface area contributed by atoms with Crippen LogP contribution < -0.4 is 5.32 Å². The maximum absolute atomic E-state index is 11.9. The Balaban J connectivity index is 1.70. The number of aliphatic hydroxyl groups excluding tert-OH is 2. The fourth-order valence-corrected chi connectivity index (χ4v) is 6.56. The molecule has 2 rings (SSSR count). The van der Waals surface area contributed by atoms with Gasteiger partial charge in [-0.15, -0.1) is 0 Å². The van der Waals surface area contributed by atoms with Gasteiger partial charge in [0, 0.05) is 6.21 Å². The lowest BCUT2D eigenvalue weighted by atomic mass is 9.86. The maximum Gasteiger partial charge on any atom is 0.309 e. The summed E-state index contributed by atoms with van der Waals surface area (Å²) >= 11 is 0. The van der Waals surface area contributed by atoms with Gasteiger partial charge in [-0.3, -0.25) is 9.79 Å². The predicted octanol–water partition coefficient (Wildman–Crippen LogP) is 5.66. The molecule has 7 nitrogen and oxygen atoms in total. The van der Waals surface area contributed by atoms with E-state index in [0.29, 0.717) is 43.9 Å². The van der Waals surface area contributed by atoms with Gasteiger partial charge in [-0.25, -0.2) is 0 Å². The second-order valence-corrected chi connectivity index (χ2v) is 12.3. The number of aliphatic imine (C=N–C) groups is 1. The van der Waals surface area contributed by atoms with Crippen LogP contribution in [0.15, 0.2) is 16.6 Å². The number of nitrogens with one attached hydrogen (secondary N) is 1. The number of aliphatic hydroxyl groups is 3. The van der Waals surface area contributed by atoms with E-state index >= 15 is 0 Å². The highest BCUT2D eigenvalue weighted by atomic mass is 16.4. The van der Waals surface area contributed by atoms with Crippen LogP contribution in [0.25, 0.3) is 0 Å². The third-order valence-corrected chi connectivity index (χ3v) is 8.95. The van der Waals surface area contributed by atoms with E-state index in [0.717, 1.165) is 71.0 Å². The molecule has 39 heavy (non-hydrogen) atoms. The highest BCUT2D eigenvalue weighted by Crippen LogP contribution is 2.45. The number of carboxylic acids is 1. The Bertz CT molecular complexity index is 742. The van der Waals surface area contributed by atoms with Crippen molar-refractivity contribution in [2.24, 2.45) is 22.7 Å². The monoisotopic (exact) mass is 550 g/mol. The number of hydrogen-bond donors (Lipinski definition) is 5. The number of nitrogens with zero attached hydrogens (tertiary/aromatic N) is 1. The van der Waals surface area contributed by atoms with Crippen molar-refractivity contribution in [1.29, 1.82) is 0 Å². The first-order valence-corrected chi connectivity index (χ1v) is 16.0. The lowest BCUT2D eigenvalue weighted by molar-refractivity contribution is -0.146. The molecule has 1 fully saturated rings. The molecule has 0 aromatic heterocycles. The summed E-state index contributed by atoms with van der Waals surface area (Å²) < 4.78 is 0. The van der Waals surface area contributed by atoms with Gasteiger partial charge in [0.25, 0.3) is 0 Å². The molecular formula is C32H58N2O5. The molecule has 5 N–H and O–H groups in total. The molecular weight excluding hydrogens is 492 g/mol. The lowest BCUT2D eigenvalue weighted by Crippen LogP contribution is -2.33. The quantitative estimate of drug-likeness (QED) is 0.105. The lowest BCUT2D eigenvalue weighted by Gasteiger charge is -2.26. The second-order valence-electron chi connectivity index (χ2n) is 12.3. The van der Waals surface area contributed by atoms with E-state index in [1.165, 1.54) is 31.3 Å². The van der Waals surface area contributed by atoms with Gasteiger partial charge in [0.1, 0.15) is 0 Å². The van der Waals surface area contributed by atoms with Crippen molar-refractivity contribution < 1.29 is 25.2 Å². The zero-order valence-electron chi connectivity index (χ0n) is 24.8. The summed E-state index contributed by atoms with van der Waals surface area (Å²) in [4.78, 5) is 16.2. The number of allylic oxidation sites excluding steroid dienone is 1. The largest absolute Gasteiger partial charge is 0.481 e. The fourth-order valence-electron chi connectivity index (χ4n) is 6.56. The van der Waals surface area contributed by atoms with Crippen LogP contribution in [0.5, 0.6) is 0 Å². The molecule has 0 radical (unpaired) electrons. The Labute approximate surface area is 237 Å². The number of unbranched alkanes of at least 4 members (excludes halogenated alkanes) is 7. The third-order valence-electron chi connectivity index (χ3n) is 8.95. The van der Waals surface area contributed by atoms with Crippen LogP contribution >= 0.6 is 0 Å². The molecule has 0 saturated heterocycles. The summed E-state index contributed by atoms with van der Waals surface area (Å²) in [7, 11) is 0. The average molecular weight is 551 g/mol. The Kier molecular flexibility index (Phi) is 16.5. The van der Waals surface area contributed by atoms with Gasteiger partial charge in [-0.05, 0) is 81.9 Å². The van der Waals surface area contributed by atoms with Gasteiger partial charge in [0.05, 0.1) is 30.3 Å². The molecule has 1 aliphatic heterocycles. The van der Waals surface area contributed by atoms with Crippen LogP contribution in [0.4, 0.5) is 0 Å². The standard InChI is InChI=1S/C32H58N2O5/c1-3-5-6-7-10-13-28(35)14-11-8-9-12-15-29(31(37)38)30(36)16-18-32(39)21-26(20-25-17-19-34-23-25)27(22-32)24-33-4-2/h17,23,26-30,33,35-36,39H,3-16,18-22,24H2,1-2H3,(H,37,38). The van der Waals surface area contributed by atoms with Crippen molar-refractivity contribution in [3.8, 4) is 0 Å². The predicted molar refractivity (Wildman–Crippen MR) is 159 cm³/mol. The number of carboxylic acid groups (broad SMARTS) is 1. The smallest absolute Gasteiger partial charge is 0.309 e. The Hall–Kier alpha value is -1.28. The highest BCUT2D eigenvalue weighted by Gasteiger charge is 2.44. The van der Waals surface area contributed by atoms with Crippen LogP contribution in [-0.2, 0) is 4.79 Å². The van der Waals surface area contributed by atoms with Crippen molar-refractivity contribution in [3.05, 3.63) is 11.6 Å². The minimum atomic E-state index is -0.949. The minimum absolute atomic E-state index is 0.221. The molecule has 1 heterocycles. The van der Waals surface area contributed by atoms with E-state index in [1.54, 1.807) is 0 Å². The molecule has 0 aromatic rings. The topological polar surface area (TPSA) is 122 Å². The van der Waals surface area contributed by atoms with Gasteiger partial charge in [0.15, 0.2) is 0 Å². The Morgan fingerprint density at radius 1 is 0.974 bits per heavy atom. The molecule has 226 valence electrons. The zero-order chi connectivity index (χ0) is 28.5. The molecule has 0 spiro atoms. The van der Waals surface area contributed by atoms with Crippen molar-refractivity contribution in [1.82, 2.24) is 5.32 Å². The molecule has 6 unspecified atom stereocenters. The van der Waals surface area contributed by atoms with Crippen LogP contribution in [0, 0.1) is 17.8 Å². The highest BCUT2D eigenvalue weighted by molar-refractivity contribution is 5.80. The molecule has 2 aliphatic rings. The van der Waals surface area contributed by atoms with E-state index in [1.807, 2.05) is 6.21 Å². The summed E-state index contributed by atoms with van der Waals surface area (Å²) in [6.07, 6.45) is 17.8. The molecule has 1 aliphatic carbocycles. The summed E-state index contributed by atoms with van der Waals surface area (Å²) in [6, 6.07) is 0. The summed E-state index contributed by atoms with van der Waals surface area (Å²) in [6.45, 7) is 6.80. The zero-order valence-corrected chi connectivity index (χ0v) is 24.8. The van der Waals surface area contributed by atoms with E-state index in [4.69, 9.17) is 0 Å². The van der Waals surface area contributed by atoms with Gasteiger partial charge < -0.3 is 25.7 Å². The summed E-state index contributed by atoms with van der Waals surface area (Å²) in [5, 5.41) is 45.6. The average Bonchev–Trinajstić information content (AvgIpc) is 3.53. The van der Waals surface area contributed by atoms with E-state index < -0.39 is 23.6 Å². The molecule has 7 heteroatoms. The number of carbonyl (C=O) groups is 1. The van der Waals surface area contributed by atoms with Gasteiger partial charge in [-0.2, -0.15) is 0 Å². The van der Waals surface area contributed by atoms with Crippen molar-refractivity contribution >= 4 is 12.2 Å². The van der Waals surface area contributed by atoms with Crippen molar-refractivity contribution in [2.75, 3.05) is 19.6 Å². The van der Waals surface area contributed by atoms with Crippen molar-refractivity contribution in [2.45, 2.75) is 141 Å². The molecule has 0 amide bonds. The third kappa shape index (κ3) is 13.3. The van der Waals surface area contributed by atoms with Gasteiger partial charge in [0.2, 0.25) is 0 Å². The molecule has 1 saturated carbocycles. The maximum atomic E-state index is 11.9. The number of hydrogen-bond acceptors (Lipinski definition) is 6. The molecule has 6 atom stereocenters. The summed E-state index contributed by atoms with van der Waals surface area (Å²) in [5.41, 5.74) is 0.385. The Morgan fingerprint density at radius 2 is 1.62 bits per heavy atom. The van der Waals surface area contributed by atoms with Crippen LogP contribution in [0.3, 0.4) is 0 Å². The van der Waals surface area contributed by atoms with Crippen LogP contribution in [0.1, 0.15) is 123 Å².